The van der Waals surface area contributed by atoms with Crippen molar-refractivity contribution < 1.29 is 18.8 Å². The molecule has 1 fully saturated rings. The summed E-state index contributed by atoms with van der Waals surface area (Å²) in [4.78, 5) is 37.6. The molecule has 1 aliphatic rings. The van der Waals surface area contributed by atoms with Gasteiger partial charge in [0.15, 0.2) is 0 Å². The van der Waals surface area contributed by atoms with E-state index in [0.29, 0.717) is 10.0 Å². The topological polar surface area (TPSA) is 92.5 Å². The lowest BCUT2D eigenvalue weighted by Crippen LogP contribution is -2.41. The maximum Gasteiger partial charge on any atom is 0.325 e. The number of carbonyl (C=O) groups is 3. The van der Waals surface area contributed by atoms with Crippen LogP contribution < -0.4 is 11.1 Å². The van der Waals surface area contributed by atoms with Gasteiger partial charge in [-0.15, -0.1) is 0 Å². The lowest BCUT2D eigenvalue weighted by atomic mass is 9.90. The molecule has 26 heavy (non-hydrogen) atoms. The van der Waals surface area contributed by atoms with Crippen molar-refractivity contribution >= 4 is 33.8 Å². The summed E-state index contributed by atoms with van der Waals surface area (Å²) in [6.07, 6.45) is 0. The van der Waals surface area contributed by atoms with Crippen molar-refractivity contribution in [3.63, 3.8) is 0 Å². The minimum absolute atomic E-state index is 0.200. The van der Waals surface area contributed by atoms with E-state index in [1.165, 1.54) is 31.2 Å². The number of hydrogen-bond donors (Lipinski definition) is 2. The van der Waals surface area contributed by atoms with Gasteiger partial charge in [0.2, 0.25) is 5.91 Å². The third kappa shape index (κ3) is 3.08. The Labute approximate surface area is 157 Å². The predicted molar refractivity (Wildman–Crippen MR) is 95.5 cm³/mol. The van der Waals surface area contributed by atoms with Crippen LogP contribution in [0.5, 0.6) is 0 Å². The molecule has 2 aromatic rings. The molecule has 8 heteroatoms. The Morgan fingerprint density at radius 1 is 1.27 bits per heavy atom. The molecule has 0 bridgehead atoms. The number of halogens is 2. The molecule has 1 saturated heterocycles. The minimum atomic E-state index is -1.37. The second-order valence-corrected chi connectivity index (χ2v) is 7.04. The van der Waals surface area contributed by atoms with E-state index in [2.05, 4.69) is 21.2 Å². The van der Waals surface area contributed by atoms with E-state index in [-0.39, 0.29) is 17.7 Å². The quantitative estimate of drug-likeness (QED) is 0.745. The zero-order valence-corrected chi connectivity index (χ0v) is 15.3. The third-order valence-corrected chi connectivity index (χ3v) is 4.84. The Morgan fingerprint density at radius 3 is 2.65 bits per heavy atom. The monoisotopic (exact) mass is 419 g/mol. The maximum absolute atomic E-state index is 14.1. The van der Waals surface area contributed by atoms with Gasteiger partial charge in [0.25, 0.3) is 5.91 Å². The van der Waals surface area contributed by atoms with Gasteiger partial charge < -0.3 is 11.1 Å². The van der Waals surface area contributed by atoms with Crippen LogP contribution in [0.25, 0.3) is 0 Å². The van der Waals surface area contributed by atoms with Crippen LogP contribution in [0.4, 0.5) is 9.18 Å². The number of nitrogens with two attached hydrogens (primary N) is 1. The highest BCUT2D eigenvalue weighted by Gasteiger charge is 2.49. The first kappa shape index (κ1) is 18.1. The molecule has 0 aromatic heterocycles. The van der Waals surface area contributed by atoms with Crippen LogP contribution in [0.15, 0.2) is 46.9 Å². The van der Waals surface area contributed by atoms with Gasteiger partial charge in [-0.3, -0.25) is 14.5 Å². The average molecular weight is 420 g/mol. The van der Waals surface area contributed by atoms with Crippen LogP contribution in [-0.4, -0.2) is 22.7 Å². The first-order valence-corrected chi connectivity index (χ1v) is 8.50. The fourth-order valence-corrected chi connectivity index (χ4v) is 3.17. The summed E-state index contributed by atoms with van der Waals surface area (Å²) in [6, 6.07) is 9.95. The molecule has 0 saturated carbocycles. The van der Waals surface area contributed by atoms with Gasteiger partial charge in [0.05, 0.1) is 6.54 Å². The van der Waals surface area contributed by atoms with Crippen LogP contribution >= 0.6 is 15.9 Å². The van der Waals surface area contributed by atoms with E-state index in [0.717, 1.165) is 4.90 Å². The molecule has 3 rings (SSSR count). The van der Waals surface area contributed by atoms with Crippen molar-refractivity contribution in [3.8, 4) is 0 Å². The summed E-state index contributed by atoms with van der Waals surface area (Å²) in [5.41, 5.74) is 4.77. The zero-order valence-electron chi connectivity index (χ0n) is 13.8. The molecule has 0 spiro atoms. The van der Waals surface area contributed by atoms with Gasteiger partial charge in [-0.1, -0.05) is 34.1 Å². The van der Waals surface area contributed by atoms with Gasteiger partial charge >= 0.3 is 6.03 Å². The second kappa shape index (κ2) is 6.53. The van der Waals surface area contributed by atoms with Crippen LogP contribution in [0.1, 0.15) is 28.4 Å². The lowest BCUT2D eigenvalue weighted by Gasteiger charge is -2.22. The number of nitrogens with zero attached hydrogens (tertiary/aromatic N) is 1. The number of benzene rings is 2. The fraction of sp³-hybridized carbons (Fsp3) is 0.167. The Hall–Kier alpha value is -2.74. The van der Waals surface area contributed by atoms with Gasteiger partial charge in [0, 0.05) is 15.6 Å². The fourth-order valence-electron chi connectivity index (χ4n) is 2.84. The maximum atomic E-state index is 14.1. The molecule has 6 nitrogen and oxygen atoms in total. The molecule has 134 valence electrons. The van der Waals surface area contributed by atoms with E-state index in [1.54, 1.807) is 18.2 Å². The van der Waals surface area contributed by atoms with E-state index in [1.807, 2.05) is 0 Å². The zero-order chi connectivity index (χ0) is 19.1. The van der Waals surface area contributed by atoms with Crippen molar-refractivity contribution in [2.75, 3.05) is 0 Å². The molecule has 4 amide bonds. The molecular weight excluding hydrogens is 405 g/mol. The average Bonchev–Trinajstić information content (AvgIpc) is 2.81. The highest BCUT2D eigenvalue weighted by atomic mass is 79.9. The summed E-state index contributed by atoms with van der Waals surface area (Å²) in [6.45, 7) is 1.33. The molecule has 1 unspecified atom stereocenters. The molecule has 1 heterocycles. The predicted octanol–water partition coefficient (Wildman–Crippen LogP) is 2.65. The molecule has 1 aliphatic heterocycles. The molecule has 1 atom stereocenters. The van der Waals surface area contributed by atoms with Crippen molar-refractivity contribution in [2.45, 2.75) is 19.0 Å². The van der Waals surface area contributed by atoms with Crippen LogP contribution in [0.2, 0.25) is 0 Å². The van der Waals surface area contributed by atoms with E-state index in [4.69, 9.17) is 5.73 Å². The van der Waals surface area contributed by atoms with Crippen molar-refractivity contribution in [1.29, 1.82) is 0 Å². The Kier molecular flexibility index (Phi) is 4.53. The SMILES string of the molecule is CC1(c2cccc(C(N)=O)c2)NC(=O)N(Cc2ccc(Br)cc2F)C1=O. The summed E-state index contributed by atoms with van der Waals surface area (Å²) in [7, 11) is 0. The largest absolute Gasteiger partial charge is 0.366 e. The van der Waals surface area contributed by atoms with Gasteiger partial charge in [0.1, 0.15) is 11.4 Å². The number of rotatable bonds is 4. The molecule has 3 N–H and O–H groups in total. The highest BCUT2D eigenvalue weighted by Crippen LogP contribution is 2.30. The highest BCUT2D eigenvalue weighted by molar-refractivity contribution is 9.10. The van der Waals surface area contributed by atoms with Crippen molar-refractivity contribution in [3.05, 3.63) is 69.4 Å². The first-order chi connectivity index (χ1) is 12.2. The van der Waals surface area contributed by atoms with Crippen LogP contribution in [0.3, 0.4) is 0 Å². The number of imide groups is 1. The minimum Gasteiger partial charge on any atom is -0.366 e. The van der Waals surface area contributed by atoms with Gasteiger partial charge in [-0.05, 0) is 36.8 Å². The number of carbonyl (C=O) groups excluding carboxylic acids is 3. The summed E-state index contributed by atoms with van der Waals surface area (Å²) < 4.78 is 14.6. The number of hydrogen-bond acceptors (Lipinski definition) is 3. The summed E-state index contributed by atoms with van der Waals surface area (Å²) in [5.74, 6) is -1.70. The third-order valence-electron chi connectivity index (χ3n) is 4.34. The molecule has 0 radical (unpaired) electrons. The van der Waals surface area contributed by atoms with E-state index in [9.17, 15) is 18.8 Å². The molecule has 2 aromatic carbocycles. The number of nitrogens with one attached hydrogen (secondary N) is 1. The van der Waals surface area contributed by atoms with Gasteiger partial charge in [-0.25, -0.2) is 9.18 Å². The number of amides is 4. The summed E-state index contributed by atoms with van der Waals surface area (Å²) in [5, 5.41) is 2.62. The van der Waals surface area contributed by atoms with Crippen LogP contribution in [0, 0.1) is 5.82 Å². The molecule has 0 aliphatic carbocycles. The van der Waals surface area contributed by atoms with Crippen molar-refractivity contribution in [1.82, 2.24) is 10.2 Å². The van der Waals surface area contributed by atoms with Crippen LogP contribution in [-0.2, 0) is 16.9 Å². The van der Waals surface area contributed by atoms with Gasteiger partial charge in [-0.2, -0.15) is 0 Å². The summed E-state index contributed by atoms with van der Waals surface area (Å²) >= 11 is 3.16. The van der Waals surface area contributed by atoms with Crippen molar-refractivity contribution in [2.24, 2.45) is 5.73 Å². The van der Waals surface area contributed by atoms with E-state index >= 15 is 0 Å². The second-order valence-electron chi connectivity index (χ2n) is 6.13. The normalized spacial score (nSPS) is 19.6. The lowest BCUT2D eigenvalue weighted by molar-refractivity contribution is -0.131. The first-order valence-electron chi connectivity index (χ1n) is 7.71. The number of primary amides is 1. The molecular formula is C18H15BrFN3O3. The smallest absolute Gasteiger partial charge is 0.325 e. The standard InChI is InChI=1S/C18H15BrFN3O3/c1-18(12-4-2-3-10(7-12)15(21)24)16(25)23(17(26)22-18)9-11-5-6-13(19)8-14(11)20/h2-8H,9H2,1H3,(H2,21,24)(H,22,26). The van der Waals surface area contributed by atoms with E-state index < -0.39 is 29.2 Å². The number of urea groups is 1. The Morgan fingerprint density at radius 2 is 2.00 bits per heavy atom. The Balaban J connectivity index is 1.93. The Bertz CT molecular complexity index is 934.